The highest BCUT2D eigenvalue weighted by Crippen LogP contribution is 2.52. The maximum absolute atomic E-state index is 14.9. The van der Waals surface area contributed by atoms with Gasteiger partial charge in [0, 0.05) is 24.3 Å². The van der Waals surface area contributed by atoms with Gasteiger partial charge in [-0.25, -0.2) is 0 Å². The lowest BCUT2D eigenvalue weighted by atomic mass is 9.72. The zero-order valence-corrected chi connectivity index (χ0v) is 20.6. The third-order valence-electron chi connectivity index (χ3n) is 6.90. The second kappa shape index (κ2) is 9.10. The summed E-state index contributed by atoms with van der Waals surface area (Å²) in [6.07, 6.45) is -4.52. The molecule has 0 unspecified atom stereocenters. The van der Waals surface area contributed by atoms with E-state index in [1.165, 1.54) is 32.4 Å². The SMILES string of the molecule is COc1ccc(C(=O)N[C@@]2(C(F)(F)F)C(=O)N(C[C@H]3CCCO3)C3=C2C(=O)CC(C)(C)C3)cc1OC. The highest BCUT2D eigenvalue weighted by atomic mass is 19.4. The van der Waals surface area contributed by atoms with Crippen LogP contribution in [0.1, 0.15) is 49.9 Å². The van der Waals surface area contributed by atoms with E-state index in [0.717, 1.165) is 11.3 Å². The van der Waals surface area contributed by atoms with Crippen LogP contribution in [0.4, 0.5) is 13.2 Å². The summed E-state index contributed by atoms with van der Waals surface area (Å²) in [7, 11) is 2.69. The minimum absolute atomic E-state index is 0.00156. The highest BCUT2D eigenvalue weighted by Gasteiger charge is 2.71. The Bertz CT molecular complexity index is 1120. The Morgan fingerprint density at radius 2 is 1.86 bits per heavy atom. The third kappa shape index (κ3) is 4.23. The van der Waals surface area contributed by atoms with E-state index in [4.69, 9.17) is 14.2 Å². The standard InChI is InChI=1S/C25H29F3N2O6/c1-23(2)11-16-20(17(31)12-23)24(25(26,27)28,22(33)30(16)13-15-6-5-9-36-15)29-21(32)14-7-8-18(34-3)19(10-14)35-4/h7-8,10,15H,5-6,9,11-13H2,1-4H3,(H,29,32)/t15-,24-/m1/s1. The van der Waals surface area contributed by atoms with Crippen molar-refractivity contribution in [3.63, 3.8) is 0 Å². The summed E-state index contributed by atoms with van der Waals surface area (Å²) in [5.41, 5.74) is -5.04. The van der Waals surface area contributed by atoms with Crippen molar-refractivity contribution in [2.24, 2.45) is 5.41 Å². The van der Waals surface area contributed by atoms with Crippen LogP contribution >= 0.6 is 0 Å². The summed E-state index contributed by atoms with van der Waals surface area (Å²) in [5, 5.41) is 1.93. The number of carbonyl (C=O) groups excluding carboxylic acids is 3. The van der Waals surface area contributed by atoms with Crippen molar-refractivity contribution < 1.29 is 41.8 Å². The molecule has 0 radical (unpaired) electrons. The quantitative estimate of drug-likeness (QED) is 0.631. The lowest BCUT2D eigenvalue weighted by molar-refractivity contribution is -0.191. The van der Waals surface area contributed by atoms with Crippen molar-refractivity contribution in [2.75, 3.05) is 27.4 Å². The molecular weight excluding hydrogens is 481 g/mol. The van der Waals surface area contributed by atoms with Crippen molar-refractivity contribution in [1.82, 2.24) is 10.2 Å². The molecule has 3 aliphatic rings. The van der Waals surface area contributed by atoms with Gasteiger partial charge in [0.1, 0.15) is 0 Å². The smallest absolute Gasteiger partial charge is 0.425 e. The number of benzene rings is 1. The number of ether oxygens (including phenoxy) is 3. The molecule has 2 heterocycles. The number of halogens is 3. The van der Waals surface area contributed by atoms with Gasteiger partial charge in [-0.05, 0) is 42.9 Å². The van der Waals surface area contributed by atoms with Crippen LogP contribution in [-0.2, 0) is 14.3 Å². The number of rotatable bonds is 6. The van der Waals surface area contributed by atoms with Crippen LogP contribution < -0.4 is 14.8 Å². The minimum atomic E-state index is -5.28. The molecule has 0 spiro atoms. The van der Waals surface area contributed by atoms with Crippen LogP contribution in [-0.4, -0.2) is 67.7 Å². The van der Waals surface area contributed by atoms with E-state index in [-0.39, 0.29) is 42.1 Å². The lowest BCUT2D eigenvalue weighted by Crippen LogP contribution is -2.66. The number of ketones is 1. The van der Waals surface area contributed by atoms with E-state index in [0.29, 0.717) is 13.0 Å². The Morgan fingerprint density at radius 3 is 2.44 bits per heavy atom. The fourth-order valence-electron chi connectivity index (χ4n) is 5.23. The maximum atomic E-state index is 14.9. The van der Waals surface area contributed by atoms with Crippen molar-refractivity contribution >= 4 is 17.6 Å². The van der Waals surface area contributed by atoms with Crippen molar-refractivity contribution in [3.8, 4) is 11.5 Å². The van der Waals surface area contributed by atoms with Crippen molar-refractivity contribution in [3.05, 3.63) is 35.0 Å². The van der Waals surface area contributed by atoms with Gasteiger partial charge in [-0.2, -0.15) is 13.2 Å². The minimum Gasteiger partial charge on any atom is -0.493 e. The van der Waals surface area contributed by atoms with E-state index in [9.17, 15) is 27.6 Å². The van der Waals surface area contributed by atoms with Gasteiger partial charge >= 0.3 is 6.18 Å². The van der Waals surface area contributed by atoms with Crippen molar-refractivity contribution in [1.29, 1.82) is 0 Å². The van der Waals surface area contributed by atoms with Gasteiger partial charge < -0.3 is 24.4 Å². The van der Waals surface area contributed by atoms with Gasteiger partial charge in [0.25, 0.3) is 11.8 Å². The van der Waals surface area contributed by atoms with E-state index in [2.05, 4.69) is 0 Å². The van der Waals surface area contributed by atoms with Crippen LogP contribution in [0.15, 0.2) is 29.5 Å². The summed E-state index contributed by atoms with van der Waals surface area (Å²) in [4.78, 5) is 41.1. The monoisotopic (exact) mass is 510 g/mol. The number of alkyl halides is 3. The fourth-order valence-corrected chi connectivity index (χ4v) is 5.23. The molecule has 2 amide bonds. The normalized spacial score (nSPS) is 25.8. The molecule has 2 aliphatic heterocycles. The lowest BCUT2D eigenvalue weighted by Gasteiger charge is -2.35. The molecule has 1 aromatic rings. The topological polar surface area (TPSA) is 94.2 Å². The molecule has 36 heavy (non-hydrogen) atoms. The number of nitrogens with zero attached hydrogens (tertiary/aromatic N) is 1. The number of methoxy groups -OCH3 is 2. The van der Waals surface area contributed by atoms with Gasteiger partial charge in [-0.15, -0.1) is 0 Å². The van der Waals surface area contributed by atoms with E-state index in [1.54, 1.807) is 13.8 Å². The molecule has 1 aromatic carbocycles. The number of hydrogen-bond acceptors (Lipinski definition) is 6. The molecule has 4 rings (SSSR count). The average molecular weight is 511 g/mol. The van der Waals surface area contributed by atoms with Crippen LogP contribution in [0.5, 0.6) is 11.5 Å². The zero-order chi connectivity index (χ0) is 26.5. The Hall–Kier alpha value is -3.08. The summed E-state index contributed by atoms with van der Waals surface area (Å²) >= 11 is 0. The number of hydrogen-bond donors (Lipinski definition) is 1. The Labute approximate surface area is 206 Å². The summed E-state index contributed by atoms with van der Waals surface area (Å²) in [5.74, 6) is -2.98. The van der Waals surface area contributed by atoms with Crippen LogP contribution in [0, 0.1) is 5.41 Å². The highest BCUT2D eigenvalue weighted by molar-refractivity contribution is 6.14. The van der Waals surface area contributed by atoms with Crippen LogP contribution in [0.25, 0.3) is 0 Å². The Kier molecular flexibility index (Phi) is 6.57. The molecule has 1 saturated heterocycles. The van der Waals surface area contributed by atoms with E-state index in [1.807, 2.05) is 5.32 Å². The number of Topliss-reactive ketones (excluding diaryl/α,β-unsaturated/α-hetero) is 1. The fraction of sp³-hybridized carbons (Fsp3) is 0.560. The number of allylic oxidation sites excluding steroid dienone is 1. The number of amides is 2. The molecule has 1 N–H and O–H groups in total. The van der Waals surface area contributed by atoms with Gasteiger partial charge in [0.05, 0.1) is 32.4 Å². The molecule has 2 atom stereocenters. The first-order chi connectivity index (χ1) is 16.8. The summed E-state index contributed by atoms with van der Waals surface area (Å²) in [6, 6.07) is 3.83. The van der Waals surface area contributed by atoms with Gasteiger partial charge in [-0.1, -0.05) is 13.8 Å². The van der Waals surface area contributed by atoms with Crippen LogP contribution in [0.3, 0.4) is 0 Å². The predicted molar refractivity (Wildman–Crippen MR) is 122 cm³/mol. The van der Waals surface area contributed by atoms with Crippen molar-refractivity contribution in [2.45, 2.75) is 57.3 Å². The molecular formula is C25H29F3N2O6. The molecule has 8 nitrogen and oxygen atoms in total. The molecule has 196 valence electrons. The first kappa shape index (κ1) is 26.0. The predicted octanol–water partition coefficient (Wildman–Crippen LogP) is 3.40. The van der Waals surface area contributed by atoms with Gasteiger partial charge in [0.2, 0.25) is 5.54 Å². The summed E-state index contributed by atoms with van der Waals surface area (Å²) < 4.78 is 60.6. The third-order valence-corrected chi connectivity index (χ3v) is 6.90. The van der Waals surface area contributed by atoms with E-state index < -0.39 is 46.4 Å². The second-order valence-electron chi connectivity index (χ2n) is 10.1. The largest absolute Gasteiger partial charge is 0.493 e. The molecule has 0 aromatic heterocycles. The zero-order valence-electron chi connectivity index (χ0n) is 20.6. The molecule has 0 saturated carbocycles. The number of carbonyl (C=O) groups is 3. The molecule has 11 heteroatoms. The summed E-state index contributed by atoms with van der Waals surface area (Å²) in [6.45, 7) is 3.85. The average Bonchev–Trinajstić information content (AvgIpc) is 3.39. The van der Waals surface area contributed by atoms with Gasteiger partial charge in [-0.3, -0.25) is 14.4 Å². The van der Waals surface area contributed by atoms with Gasteiger partial charge in [0.15, 0.2) is 17.3 Å². The molecule has 1 aliphatic carbocycles. The maximum Gasteiger partial charge on any atom is 0.425 e. The Morgan fingerprint density at radius 1 is 1.17 bits per heavy atom. The number of nitrogens with one attached hydrogen (secondary N) is 1. The molecule has 1 fully saturated rings. The first-order valence-corrected chi connectivity index (χ1v) is 11.7. The molecule has 0 bridgehead atoms. The second-order valence-corrected chi connectivity index (χ2v) is 10.1. The Balaban J connectivity index is 1.82. The van der Waals surface area contributed by atoms with Crippen LogP contribution in [0.2, 0.25) is 0 Å². The first-order valence-electron chi connectivity index (χ1n) is 11.7. The van der Waals surface area contributed by atoms with E-state index >= 15 is 0 Å².